The SMILES string of the molecule is CC(I)C(F)(F)C(F)(F)C(F)(F)C(F)(F)C(F)(F)C(F)(F)C(F)(F)C(F)(F)C(F)(F)C(F)(F)F. The summed E-state index contributed by atoms with van der Waals surface area (Å²) >= 11 is 0.102. The van der Waals surface area contributed by atoms with Crippen LogP contribution in [-0.2, 0) is 0 Å². The van der Waals surface area contributed by atoms with Crippen LogP contribution in [0.4, 0.5) is 92.2 Å². The molecule has 0 saturated heterocycles. The van der Waals surface area contributed by atoms with E-state index in [2.05, 4.69) is 0 Å². The summed E-state index contributed by atoms with van der Waals surface area (Å²) in [5.74, 6) is -76.4. The lowest BCUT2D eigenvalue weighted by Crippen LogP contribution is -2.77. The van der Waals surface area contributed by atoms with E-state index in [0.29, 0.717) is 0 Å². The van der Waals surface area contributed by atoms with Crippen LogP contribution in [0, 0.1) is 0 Å². The van der Waals surface area contributed by atoms with Gasteiger partial charge in [-0.1, -0.05) is 22.6 Å². The van der Waals surface area contributed by atoms with Crippen molar-refractivity contribution in [3.05, 3.63) is 0 Å². The third kappa shape index (κ3) is 3.85. The Bertz CT molecular complexity index is 743. The molecule has 0 fully saturated rings. The van der Waals surface area contributed by atoms with Gasteiger partial charge in [-0.05, 0) is 6.92 Å². The summed E-state index contributed by atoms with van der Waals surface area (Å²) in [5.41, 5.74) is 0. The second-order valence-corrected chi connectivity index (χ2v) is 8.20. The largest absolute Gasteiger partial charge is 0.460 e. The second kappa shape index (κ2) is 8.13. The van der Waals surface area contributed by atoms with Crippen molar-refractivity contribution in [2.45, 2.75) is 70.3 Å². The minimum absolute atomic E-state index is 0.102. The minimum atomic E-state index is -9.13. The Morgan fingerprint density at radius 1 is 0.353 bits per heavy atom. The monoisotopic (exact) mass is 674 g/mol. The number of halogens is 22. The highest BCUT2D eigenvalue weighted by Gasteiger charge is 2.97. The van der Waals surface area contributed by atoms with Gasteiger partial charge in [0.25, 0.3) is 0 Å². The molecule has 0 aliphatic heterocycles. The molecule has 0 heterocycles. The van der Waals surface area contributed by atoms with Crippen LogP contribution < -0.4 is 0 Å². The van der Waals surface area contributed by atoms with E-state index in [0.717, 1.165) is 0 Å². The van der Waals surface area contributed by atoms with Crippen molar-refractivity contribution in [2.24, 2.45) is 0 Å². The van der Waals surface area contributed by atoms with Crippen molar-refractivity contribution in [3.63, 3.8) is 0 Å². The zero-order chi connectivity index (χ0) is 28.6. The van der Waals surface area contributed by atoms with E-state index >= 15 is 0 Å². The zero-order valence-electron chi connectivity index (χ0n) is 14.9. The number of rotatable bonds is 9. The molecule has 0 N–H and O–H groups in total. The normalized spacial score (nSPS) is 17.7. The third-order valence-corrected chi connectivity index (χ3v) is 4.82. The van der Waals surface area contributed by atoms with Crippen molar-refractivity contribution in [2.75, 3.05) is 0 Å². The predicted octanol–water partition coefficient (Wildman–Crippen LogP) is 8.09. The lowest BCUT2D eigenvalue weighted by Gasteiger charge is -2.44. The van der Waals surface area contributed by atoms with Gasteiger partial charge in [0.2, 0.25) is 0 Å². The van der Waals surface area contributed by atoms with E-state index in [1.807, 2.05) is 0 Å². The van der Waals surface area contributed by atoms with Crippen LogP contribution in [0.15, 0.2) is 0 Å². The van der Waals surface area contributed by atoms with Crippen molar-refractivity contribution in [3.8, 4) is 0 Å². The quantitative estimate of drug-likeness (QED) is 0.132. The molecule has 0 spiro atoms. The number of hydrogen-bond donors (Lipinski definition) is 0. The molecule has 0 aliphatic carbocycles. The van der Waals surface area contributed by atoms with E-state index in [1.54, 1.807) is 0 Å². The Balaban J connectivity index is 7.08. The van der Waals surface area contributed by atoms with Crippen LogP contribution >= 0.6 is 22.6 Å². The summed E-state index contributed by atoms with van der Waals surface area (Å²) in [5, 5.41) is 0. The fourth-order valence-corrected chi connectivity index (χ4v) is 2.21. The Labute approximate surface area is 185 Å². The Hall–Kier alpha value is -0.740. The molecular formula is C12H4F21I. The highest BCUT2D eigenvalue weighted by atomic mass is 127. The first-order chi connectivity index (χ1) is 14.2. The zero-order valence-corrected chi connectivity index (χ0v) is 17.1. The topological polar surface area (TPSA) is 0 Å². The predicted molar refractivity (Wildman–Crippen MR) is 74.1 cm³/mol. The van der Waals surface area contributed by atoms with Crippen molar-refractivity contribution in [1.29, 1.82) is 0 Å². The summed E-state index contributed by atoms with van der Waals surface area (Å²) in [4.78, 5) is 0. The first-order valence-corrected chi connectivity index (χ1v) is 8.55. The van der Waals surface area contributed by atoms with Gasteiger partial charge in [0, 0.05) is 0 Å². The van der Waals surface area contributed by atoms with Crippen molar-refractivity contribution < 1.29 is 92.2 Å². The third-order valence-electron chi connectivity index (χ3n) is 4.03. The molecule has 0 amide bonds. The van der Waals surface area contributed by atoms with Crippen LogP contribution in [-0.4, -0.2) is 63.4 Å². The first kappa shape index (κ1) is 33.3. The molecule has 0 rings (SSSR count). The molecule has 0 aromatic carbocycles. The number of hydrogen-bond acceptors (Lipinski definition) is 0. The Morgan fingerprint density at radius 3 is 0.706 bits per heavy atom. The molecule has 0 aliphatic rings. The Kier molecular flexibility index (Phi) is 7.96. The van der Waals surface area contributed by atoms with Crippen LogP contribution in [0.25, 0.3) is 0 Å². The average molecular weight is 674 g/mol. The highest BCUT2D eigenvalue weighted by Crippen LogP contribution is 2.66. The smallest absolute Gasteiger partial charge is 0.198 e. The maximum absolute atomic E-state index is 13.4. The van der Waals surface area contributed by atoms with E-state index in [1.165, 1.54) is 0 Å². The number of alkyl halides is 22. The molecular weight excluding hydrogens is 670 g/mol. The summed E-state index contributed by atoms with van der Waals surface area (Å²) in [6.07, 6.45) is -7.98. The lowest BCUT2D eigenvalue weighted by molar-refractivity contribution is -0.474. The summed E-state index contributed by atoms with van der Waals surface area (Å²) < 4.78 is 270. The van der Waals surface area contributed by atoms with Crippen molar-refractivity contribution >= 4 is 22.6 Å². The van der Waals surface area contributed by atoms with Crippen molar-refractivity contribution in [1.82, 2.24) is 0 Å². The molecule has 0 nitrogen and oxygen atoms in total. The summed E-state index contributed by atoms with van der Waals surface area (Å²) in [7, 11) is 0. The summed E-state index contributed by atoms with van der Waals surface area (Å²) in [6, 6.07) is 0. The van der Waals surface area contributed by atoms with Gasteiger partial charge in [-0.25, -0.2) is 0 Å². The second-order valence-electron chi connectivity index (χ2n) is 6.33. The molecule has 22 heteroatoms. The fourth-order valence-electron chi connectivity index (χ4n) is 1.82. The lowest BCUT2D eigenvalue weighted by atomic mass is 9.86. The molecule has 34 heavy (non-hydrogen) atoms. The first-order valence-electron chi connectivity index (χ1n) is 7.30. The molecule has 0 saturated carbocycles. The van der Waals surface area contributed by atoms with Gasteiger partial charge in [-0.15, -0.1) is 0 Å². The van der Waals surface area contributed by atoms with E-state index in [9.17, 15) is 92.2 Å². The molecule has 0 aromatic rings. The Morgan fingerprint density at radius 2 is 0.529 bits per heavy atom. The van der Waals surface area contributed by atoms with Crippen LogP contribution in [0.5, 0.6) is 0 Å². The van der Waals surface area contributed by atoms with Gasteiger partial charge in [0.05, 0.1) is 3.92 Å². The standard InChI is InChI=1S/C12H4F21I/c1-2(34)3(13,14)4(15,16)5(17,18)6(19,20)7(21,22)8(23,24)9(25,26)10(27,28)11(29,30)12(31,32)33/h2H,1H3. The maximum Gasteiger partial charge on any atom is 0.460 e. The van der Waals surface area contributed by atoms with Gasteiger partial charge in [-0.3, -0.25) is 0 Å². The van der Waals surface area contributed by atoms with Gasteiger partial charge in [0.15, 0.2) is 0 Å². The van der Waals surface area contributed by atoms with E-state index in [4.69, 9.17) is 0 Å². The van der Waals surface area contributed by atoms with Gasteiger partial charge < -0.3 is 0 Å². The van der Waals surface area contributed by atoms with Gasteiger partial charge in [-0.2, -0.15) is 92.2 Å². The average Bonchev–Trinajstić information content (AvgIpc) is 2.58. The fraction of sp³-hybridized carbons (Fsp3) is 1.00. The molecule has 206 valence electrons. The minimum Gasteiger partial charge on any atom is -0.198 e. The van der Waals surface area contributed by atoms with E-state index in [-0.39, 0.29) is 29.5 Å². The van der Waals surface area contributed by atoms with Crippen LogP contribution in [0.3, 0.4) is 0 Å². The molecule has 0 radical (unpaired) electrons. The maximum atomic E-state index is 13.4. The molecule has 0 bridgehead atoms. The molecule has 1 atom stereocenters. The van der Waals surface area contributed by atoms with Crippen LogP contribution in [0.2, 0.25) is 0 Å². The van der Waals surface area contributed by atoms with Gasteiger partial charge >= 0.3 is 59.5 Å². The summed E-state index contributed by atoms with van der Waals surface area (Å²) in [6.45, 7) is -0.163. The van der Waals surface area contributed by atoms with E-state index < -0.39 is 63.4 Å². The molecule has 1 unspecified atom stereocenters. The molecule has 0 aromatic heterocycles. The highest BCUT2D eigenvalue weighted by molar-refractivity contribution is 14.1. The van der Waals surface area contributed by atoms with Gasteiger partial charge in [0.1, 0.15) is 0 Å². The van der Waals surface area contributed by atoms with Crippen LogP contribution in [0.1, 0.15) is 6.92 Å².